The van der Waals surface area contributed by atoms with Crippen LogP contribution in [0.2, 0.25) is 0 Å². The Morgan fingerprint density at radius 1 is 1.03 bits per heavy atom. The second kappa shape index (κ2) is 11.7. The predicted molar refractivity (Wildman–Crippen MR) is 120 cm³/mol. The van der Waals surface area contributed by atoms with E-state index in [4.69, 9.17) is 9.47 Å². The lowest BCUT2D eigenvalue weighted by atomic mass is 10.1. The fourth-order valence-electron chi connectivity index (χ4n) is 2.81. The number of nitrogens with zero attached hydrogens (tertiary/aromatic N) is 2. The SMILES string of the molecule is COc1ccc(CN=C(NCCc2cc(C)ccc2OC)NCC(=O)N(C)C)cc1. The molecule has 0 heterocycles. The molecule has 0 fully saturated rings. The molecule has 0 radical (unpaired) electrons. The van der Waals surface area contributed by atoms with Gasteiger partial charge in [-0.05, 0) is 42.7 Å². The number of aliphatic imine (C=N–C) groups is 1. The lowest BCUT2D eigenvalue weighted by Gasteiger charge is -2.16. The largest absolute Gasteiger partial charge is 0.497 e. The molecule has 0 atom stereocenters. The highest BCUT2D eigenvalue weighted by atomic mass is 16.5. The molecule has 2 aromatic rings. The highest BCUT2D eigenvalue weighted by Gasteiger charge is 2.07. The highest BCUT2D eigenvalue weighted by Crippen LogP contribution is 2.19. The summed E-state index contributed by atoms with van der Waals surface area (Å²) in [5, 5.41) is 6.43. The van der Waals surface area contributed by atoms with E-state index in [0.29, 0.717) is 19.0 Å². The zero-order chi connectivity index (χ0) is 21.9. The van der Waals surface area contributed by atoms with Gasteiger partial charge in [0.1, 0.15) is 11.5 Å². The number of carbonyl (C=O) groups is 1. The van der Waals surface area contributed by atoms with Crippen molar-refractivity contribution in [3.8, 4) is 11.5 Å². The van der Waals surface area contributed by atoms with Crippen LogP contribution in [-0.4, -0.2) is 58.2 Å². The van der Waals surface area contributed by atoms with Crippen LogP contribution in [0.5, 0.6) is 11.5 Å². The summed E-state index contributed by atoms with van der Waals surface area (Å²) >= 11 is 0. The van der Waals surface area contributed by atoms with Gasteiger partial charge in [0.15, 0.2) is 5.96 Å². The van der Waals surface area contributed by atoms with Gasteiger partial charge in [0.05, 0.1) is 27.3 Å². The molecule has 30 heavy (non-hydrogen) atoms. The quantitative estimate of drug-likeness (QED) is 0.489. The lowest BCUT2D eigenvalue weighted by molar-refractivity contribution is -0.127. The summed E-state index contributed by atoms with van der Waals surface area (Å²) in [6.07, 6.45) is 0.774. The molecule has 0 saturated carbocycles. The van der Waals surface area contributed by atoms with Crippen LogP contribution in [0.1, 0.15) is 16.7 Å². The predicted octanol–water partition coefficient (Wildman–Crippen LogP) is 2.38. The summed E-state index contributed by atoms with van der Waals surface area (Å²) in [6, 6.07) is 13.9. The van der Waals surface area contributed by atoms with E-state index in [0.717, 1.165) is 29.0 Å². The number of carbonyl (C=O) groups excluding carboxylic acids is 1. The van der Waals surface area contributed by atoms with Crippen LogP contribution in [0.15, 0.2) is 47.5 Å². The van der Waals surface area contributed by atoms with Crippen molar-refractivity contribution in [1.29, 1.82) is 0 Å². The monoisotopic (exact) mass is 412 g/mol. The van der Waals surface area contributed by atoms with Gasteiger partial charge in [-0.15, -0.1) is 0 Å². The van der Waals surface area contributed by atoms with E-state index in [9.17, 15) is 4.79 Å². The maximum Gasteiger partial charge on any atom is 0.241 e. The molecule has 0 aromatic heterocycles. The number of likely N-dealkylation sites (N-methyl/N-ethyl adjacent to an activating group) is 1. The maximum atomic E-state index is 12.0. The van der Waals surface area contributed by atoms with Gasteiger partial charge in [-0.3, -0.25) is 4.79 Å². The van der Waals surface area contributed by atoms with E-state index in [-0.39, 0.29) is 12.5 Å². The van der Waals surface area contributed by atoms with Crippen LogP contribution < -0.4 is 20.1 Å². The number of rotatable bonds is 9. The number of hydrogen-bond donors (Lipinski definition) is 2. The van der Waals surface area contributed by atoms with E-state index >= 15 is 0 Å². The fraction of sp³-hybridized carbons (Fsp3) is 0.391. The van der Waals surface area contributed by atoms with E-state index in [1.54, 1.807) is 33.2 Å². The minimum atomic E-state index is -0.0192. The Morgan fingerprint density at radius 2 is 1.77 bits per heavy atom. The first-order valence-electron chi connectivity index (χ1n) is 9.91. The van der Waals surface area contributed by atoms with Crippen molar-refractivity contribution in [2.75, 3.05) is 41.4 Å². The van der Waals surface area contributed by atoms with Crippen LogP contribution >= 0.6 is 0 Å². The number of amides is 1. The van der Waals surface area contributed by atoms with Crippen molar-refractivity contribution < 1.29 is 14.3 Å². The molecule has 2 rings (SSSR count). The van der Waals surface area contributed by atoms with Crippen molar-refractivity contribution in [2.45, 2.75) is 19.9 Å². The molecule has 2 aromatic carbocycles. The van der Waals surface area contributed by atoms with Crippen LogP contribution in [-0.2, 0) is 17.8 Å². The van der Waals surface area contributed by atoms with Crippen molar-refractivity contribution in [3.63, 3.8) is 0 Å². The average Bonchev–Trinajstić information content (AvgIpc) is 2.75. The van der Waals surface area contributed by atoms with Crippen molar-refractivity contribution in [3.05, 3.63) is 59.2 Å². The number of ether oxygens (including phenoxy) is 2. The van der Waals surface area contributed by atoms with Gasteiger partial charge in [0.2, 0.25) is 5.91 Å². The molecule has 0 unspecified atom stereocenters. The zero-order valence-electron chi connectivity index (χ0n) is 18.5. The van der Waals surface area contributed by atoms with Gasteiger partial charge in [0.25, 0.3) is 0 Å². The Morgan fingerprint density at radius 3 is 2.40 bits per heavy atom. The van der Waals surface area contributed by atoms with Crippen LogP contribution in [0.4, 0.5) is 0 Å². The number of benzene rings is 2. The second-order valence-electron chi connectivity index (χ2n) is 7.15. The number of nitrogens with one attached hydrogen (secondary N) is 2. The third-order valence-electron chi connectivity index (χ3n) is 4.61. The summed E-state index contributed by atoms with van der Waals surface area (Å²) in [5.41, 5.74) is 3.37. The third kappa shape index (κ3) is 7.31. The molecule has 0 aliphatic heterocycles. The summed E-state index contributed by atoms with van der Waals surface area (Å²) < 4.78 is 10.6. The van der Waals surface area contributed by atoms with Gasteiger partial charge >= 0.3 is 0 Å². The lowest BCUT2D eigenvalue weighted by Crippen LogP contribution is -2.43. The maximum absolute atomic E-state index is 12.0. The molecule has 0 aliphatic rings. The van der Waals surface area contributed by atoms with E-state index in [1.807, 2.05) is 36.4 Å². The Labute approximate surface area is 179 Å². The number of methoxy groups -OCH3 is 2. The summed E-state index contributed by atoms with van der Waals surface area (Å²) in [7, 11) is 6.78. The van der Waals surface area contributed by atoms with E-state index in [1.165, 1.54) is 5.56 Å². The van der Waals surface area contributed by atoms with Crippen LogP contribution in [0, 0.1) is 6.92 Å². The van der Waals surface area contributed by atoms with E-state index < -0.39 is 0 Å². The molecular weight excluding hydrogens is 380 g/mol. The molecule has 0 spiro atoms. The minimum absolute atomic E-state index is 0.0192. The zero-order valence-corrected chi connectivity index (χ0v) is 18.5. The Balaban J connectivity index is 2.02. The molecule has 0 saturated heterocycles. The minimum Gasteiger partial charge on any atom is -0.497 e. The number of guanidine groups is 1. The molecule has 162 valence electrons. The molecule has 0 bridgehead atoms. The Bertz CT molecular complexity index is 848. The van der Waals surface area contributed by atoms with E-state index in [2.05, 4.69) is 28.6 Å². The average molecular weight is 413 g/mol. The van der Waals surface area contributed by atoms with Gasteiger partial charge in [-0.25, -0.2) is 4.99 Å². The first-order valence-corrected chi connectivity index (χ1v) is 9.91. The molecule has 0 aliphatic carbocycles. The fourth-order valence-corrected chi connectivity index (χ4v) is 2.81. The van der Waals surface area contributed by atoms with Gasteiger partial charge < -0.3 is 25.0 Å². The first-order chi connectivity index (χ1) is 14.4. The molecule has 1 amide bonds. The van der Waals surface area contributed by atoms with Gasteiger partial charge in [-0.2, -0.15) is 0 Å². The topological polar surface area (TPSA) is 75.2 Å². The normalized spacial score (nSPS) is 11.0. The van der Waals surface area contributed by atoms with Crippen LogP contribution in [0.3, 0.4) is 0 Å². The highest BCUT2D eigenvalue weighted by molar-refractivity contribution is 5.86. The van der Waals surface area contributed by atoms with Crippen molar-refractivity contribution in [1.82, 2.24) is 15.5 Å². The van der Waals surface area contributed by atoms with Crippen molar-refractivity contribution >= 4 is 11.9 Å². The molecule has 7 heteroatoms. The van der Waals surface area contributed by atoms with Gasteiger partial charge in [0, 0.05) is 20.6 Å². The van der Waals surface area contributed by atoms with Crippen molar-refractivity contribution in [2.24, 2.45) is 4.99 Å². The van der Waals surface area contributed by atoms with Gasteiger partial charge in [-0.1, -0.05) is 29.8 Å². The summed E-state index contributed by atoms with van der Waals surface area (Å²) in [5.74, 6) is 2.25. The number of hydrogen-bond acceptors (Lipinski definition) is 4. The molecular formula is C23H32N4O3. The first kappa shape index (κ1) is 23.1. The smallest absolute Gasteiger partial charge is 0.241 e. The number of aryl methyl sites for hydroxylation is 1. The molecule has 7 nitrogen and oxygen atoms in total. The second-order valence-corrected chi connectivity index (χ2v) is 7.15. The summed E-state index contributed by atoms with van der Waals surface area (Å²) in [4.78, 5) is 18.1. The standard InChI is InChI=1S/C23H32N4O3/c1-17-6-11-21(30-5)19(14-17)12-13-24-23(26-16-22(28)27(2)3)25-15-18-7-9-20(29-4)10-8-18/h6-11,14H,12-13,15-16H2,1-5H3,(H2,24,25,26). The molecule has 2 N–H and O–H groups in total. The Kier molecular flexibility index (Phi) is 9.00. The Hall–Kier alpha value is -3.22. The third-order valence-corrected chi connectivity index (χ3v) is 4.61. The summed E-state index contributed by atoms with van der Waals surface area (Å²) in [6.45, 7) is 3.38. The van der Waals surface area contributed by atoms with Crippen LogP contribution in [0.25, 0.3) is 0 Å².